The highest BCUT2D eigenvalue weighted by Gasteiger charge is 2.20. The van der Waals surface area contributed by atoms with Gasteiger partial charge in [0.1, 0.15) is 11.9 Å². The predicted molar refractivity (Wildman–Crippen MR) is 93.7 cm³/mol. The SMILES string of the molecule is CC(C)N1CCN(c2ccc(C(O)c3ccccc3)cn2)CC1. The van der Waals surface area contributed by atoms with Gasteiger partial charge in [-0.25, -0.2) is 4.98 Å². The fourth-order valence-corrected chi connectivity index (χ4v) is 3.04. The van der Waals surface area contributed by atoms with E-state index in [1.807, 2.05) is 42.5 Å². The molecule has 2 heterocycles. The smallest absolute Gasteiger partial charge is 0.128 e. The number of nitrogens with zero attached hydrogens (tertiary/aromatic N) is 3. The number of rotatable bonds is 4. The molecule has 4 heteroatoms. The van der Waals surface area contributed by atoms with Gasteiger partial charge < -0.3 is 10.0 Å². The second kappa shape index (κ2) is 7.11. The van der Waals surface area contributed by atoms with Crippen molar-refractivity contribution in [1.82, 2.24) is 9.88 Å². The minimum Gasteiger partial charge on any atom is -0.384 e. The van der Waals surface area contributed by atoms with Crippen molar-refractivity contribution in [2.24, 2.45) is 0 Å². The van der Waals surface area contributed by atoms with Crippen LogP contribution in [-0.2, 0) is 0 Å². The van der Waals surface area contributed by atoms with Gasteiger partial charge in [0.2, 0.25) is 0 Å². The van der Waals surface area contributed by atoms with Crippen molar-refractivity contribution < 1.29 is 5.11 Å². The molecule has 3 rings (SSSR count). The van der Waals surface area contributed by atoms with Gasteiger partial charge in [0.05, 0.1) is 0 Å². The summed E-state index contributed by atoms with van der Waals surface area (Å²) in [5, 5.41) is 10.4. The average Bonchev–Trinajstić information content (AvgIpc) is 2.62. The molecule has 0 bridgehead atoms. The predicted octanol–water partition coefficient (Wildman–Crippen LogP) is 2.69. The number of anilines is 1. The van der Waals surface area contributed by atoms with Crippen LogP contribution >= 0.6 is 0 Å². The second-order valence-corrected chi connectivity index (χ2v) is 6.38. The zero-order valence-electron chi connectivity index (χ0n) is 13.9. The number of hydrogen-bond acceptors (Lipinski definition) is 4. The largest absolute Gasteiger partial charge is 0.384 e. The van der Waals surface area contributed by atoms with Gasteiger partial charge in [-0.05, 0) is 25.5 Å². The van der Waals surface area contributed by atoms with E-state index in [1.54, 1.807) is 6.20 Å². The summed E-state index contributed by atoms with van der Waals surface area (Å²) in [5.41, 5.74) is 1.73. The van der Waals surface area contributed by atoms with Crippen LogP contribution in [0.15, 0.2) is 48.7 Å². The maximum atomic E-state index is 10.4. The quantitative estimate of drug-likeness (QED) is 0.942. The Hall–Kier alpha value is -1.91. The highest BCUT2D eigenvalue weighted by Crippen LogP contribution is 2.23. The second-order valence-electron chi connectivity index (χ2n) is 6.38. The highest BCUT2D eigenvalue weighted by molar-refractivity contribution is 5.41. The third-order valence-corrected chi connectivity index (χ3v) is 4.57. The Kier molecular flexibility index (Phi) is 4.94. The first-order chi connectivity index (χ1) is 11.1. The van der Waals surface area contributed by atoms with E-state index in [9.17, 15) is 5.11 Å². The first-order valence-corrected chi connectivity index (χ1v) is 8.33. The van der Waals surface area contributed by atoms with Gasteiger partial charge in [-0.15, -0.1) is 0 Å². The van der Waals surface area contributed by atoms with Crippen molar-refractivity contribution in [3.05, 3.63) is 59.8 Å². The summed E-state index contributed by atoms with van der Waals surface area (Å²) in [6, 6.07) is 14.3. The molecule has 4 nitrogen and oxygen atoms in total. The number of aliphatic hydroxyl groups is 1. The molecular weight excluding hydrogens is 286 g/mol. The van der Waals surface area contributed by atoms with Gasteiger partial charge in [-0.3, -0.25) is 4.90 Å². The molecule has 23 heavy (non-hydrogen) atoms. The Labute approximate surface area is 138 Å². The average molecular weight is 311 g/mol. The Balaban J connectivity index is 1.66. The van der Waals surface area contributed by atoms with E-state index in [0.29, 0.717) is 6.04 Å². The summed E-state index contributed by atoms with van der Waals surface area (Å²) >= 11 is 0. The third-order valence-electron chi connectivity index (χ3n) is 4.57. The molecule has 0 saturated carbocycles. The minimum atomic E-state index is -0.615. The Morgan fingerprint density at radius 1 is 0.913 bits per heavy atom. The first-order valence-electron chi connectivity index (χ1n) is 8.33. The molecule has 1 aromatic heterocycles. The van der Waals surface area contributed by atoms with E-state index in [1.165, 1.54) is 0 Å². The minimum absolute atomic E-state index is 0.605. The van der Waals surface area contributed by atoms with E-state index in [4.69, 9.17) is 0 Å². The number of aromatic nitrogens is 1. The van der Waals surface area contributed by atoms with Crippen LogP contribution in [-0.4, -0.2) is 47.2 Å². The van der Waals surface area contributed by atoms with Crippen LogP contribution in [0, 0.1) is 0 Å². The van der Waals surface area contributed by atoms with Crippen LogP contribution in [0.5, 0.6) is 0 Å². The Morgan fingerprint density at radius 2 is 1.61 bits per heavy atom. The lowest BCUT2D eigenvalue weighted by atomic mass is 10.0. The van der Waals surface area contributed by atoms with E-state index >= 15 is 0 Å². The van der Waals surface area contributed by atoms with Crippen molar-refractivity contribution in [3.63, 3.8) is 0 Å². The van der Waals surface area contributed by atoms with Crippen LogP contribution in [0.2, 0.25) is 0 Å². The van der Waals surface area contributed by atoms with Crippen LogP contribution < -0.4 is 4.90 Å². The number of piperazine rings is 1. The number of hydrogen-bond donors (Lipinski definition) is 1. The van der Waals surface area contributed by atoms with E-state index in [0.717, 1.165) is 43.1 Å². The standard InChI is InChI=1S/C19H25N3O/c1-15(2)21-10-12-22(13-11-21)18-9-8-17(14-20-18)19(23)16-6-4-3-5-7-16/h3-9,14-15,19,23H,10-13H2,1-2H3. The summed E-state index contributed by atoms with van der Waals surface area (Å²) < 4.78 is 0. The molecule has 0 radical (unpaired) electrons. The van der Waals surface area contributed by atoms with Crippen molar-refractivity contribution in [1.29, 1.82) is 0 Å². The third kappa shape index (κ3) is 3.71. The molecule has 0 aliphatic carbocycles. The van der Waals surface area contributed by atoms with Crippen LogP contribution in [0.1, 0.15) is 31.1 Å². The van der Waals surface area contributed by atoms with Crippen molar-refractivity contribution in [2.75, 3.05) is 31.1 Å². The molecule has 1 N–H and O–H groups in total. The molecule has 0 amide bonds. The highest BCUT2D eigenvalue weighted by atomic mass is 16.3. The molecule has 1 aliphatic heterocycles. The molecule has 1 saturated heterocycles. The number of aliphatic hydroxyl groups excluding tert-OH is 1. The first kappa shape index (κ1) is 16.0. The van der Waals surface area contributed by atoms with Crippen LogP contribution in [0.4, 0.5) is 5.82 Å². The maximum Gasteiger partial charge on any atom is 0.128 e. The summed E-state index contributed by atoms with van der Waals surface area (Å²) in [6.45, 7) is 8.65. The van der Waals surface area contributed by atoms with E-state index < -0.39 is 6.10 Å². The summed E-state index contributed by atoms with van der Waals surface area (Å²) in [7, 11) is 0. The van der Waals surface area contributed by atoms with Crippen molar-refractivity contribution in [3.8, 4) is 0 Å². The molecule has 1 atom stereocenters. The van der Waals surface area contributed by atoms with Gasteiger partial charge in [0.25, 0.3) is 0 Å². The van der Waals surface area contributed by atoms with Gasteiger partial charge in [0.15, 0.2) is 0 Å². The van der Waals surface area contributed by atoms with E-state index in [2.05, 4.69) is 28.6 Å². The number of benzene rings is 1. The summed E-state index contributed by atoms with van der Waals surface area (Å²) in [5.74, 6) is 0.998. The Bertz CT molecular complexity index is 604. The number of pyridine rings is 1. The molecule has 122 valence electrons. The molecule has 0 spiro atoms. The molecule has 1 aromatic carbocycles. The fourth-order valence-electron chi connectivity index (χ4n) is 3.04. The molecule has 1 unspecified atom stereocenters. The van der Waals surface area contributed by atoms with Crippen LogP contribution in [0.25, 0.3) is 0 Å². The summed E-state index contributed by atoms with van der Waals surface area (Å²) in [6.07, 6.45) is 1.18. The lowest BCUT2D eigenvalue weighted by molar-refractivity contribution is 0.209. The molecule has 2 aromatic rings. The van der Waals surface area contributed by atoms with Gasteiger partial charge >= 0.3 is 0 Å². The van der Waals surface area contributed by atoms with Crippen molar-refractivity contribution >= 4 is 5.82 Å². The van der Waals surface area contributed by atoms with E-state index in [-0.39, 0.29) is 0 Å². The Morgan fingerprint density at radius 3 is 2.17 bits per heavy atom. The molecule has 1 fully saturated rings. The lowest BCUT2D eigenvalue weighted by Gasteiger charge is -2.37. The monoisotopic (exact) mass is 311 g/mol. The zero-order chi connectivity index (χ0) is 16.2. The summed E-state index contributed by atoms with van der Waals surface area (Å²) in [4.78, 5) is 9.37. The molecular formula is C19H25N3O. The fraction of sp³-hybridized carbons (Fsp3) is 0.421. The zero-order valence-corrected chi connectivity index (χ0v) is 13.9. The van der Waals surface area contributed by atoms with Gasteiger partial charge in [-0.1, -0.05) is 36.4 Å². The normalized spacial score (nSPS) is 17.5. The maximum absolute atomic E-state index is 10.4. The molecule has 1 aliphatic rings. The van der Waals surface area contributed by atoms with Gasteiger partial charge in [-0.2, -0.15) is 0 Å². The van der Waals surface area contributed by atoms with Crippen molar-refractivity contribution in [2.45, 2.75) is 26.0 Å². The lowest BCUT2D eigenvalue weighted by Crippen LogP contribution is -2.49. The van der Waals surface area contributed by atoms with Crippen LogP contribution in [0.3, 0.4) is 0 Å². The van der Waals surface area contributed by atoms with Gasteiger partial charge in [0, 0.05) is 44.0 Å². The topological polar surface area (TPSA) is 39.6 Å².